The van der Waals surface area contributed by atoms with Gasteiger partial charge in [0.15, 0.2) is 5.79 Å². The third-order valence-electron chi connectivity index (χ3n) is 10.6. The van der Waals surface area contributed by atoms with E-state index in [0.717, 1.165) is 35.7 Å². The molecule has 11 heteroatoms. The fraction of sp³-hybridized carbons (Fsp3) is 0.828. The molecule has 0 aromatic carbocycles. The summed E-state index contributed by atoms with van der Waals surface area (Å²) in [5, 5.41) is 0. The van der Waals surface area contributed by atoms with Crippen LogP contribution in [0.2, 0.25) is 0 Å². The van der Waals surface area contributed by atoms with Crippen LogP contribution in [0.4, 0.5) is 9.18 Å². The van der Waals surface area contributed by atoms with Gasteiger partial charge in [-0.05, 0) is 81.5 Å². The van der Waals surface area contributed by atoms with Crippen molar-refractivity contribution in [3.05, 3.63) is 32.6 Å². The van der Waals surface area contributed by atoms with Crippen molar-refractivity contribution in [3.63, 3.8) is 0 Å². The average molecular weight is 563 g/mol. The van der Waals surface area contributed by atoms with Crippen molar-refractivity contribution in [1.82, 2.24) is 9.55 Å². The van der Waals surface area contributed by atoms with Crippen LogP contribution >= 0.6 is 0 Å². The Bertz CT molecular complexity index is 1240. The summed E-state index contributed by atoms with van der Waals surface area (Å²) in [7, 11) is 0. The molecule has 5 aliphatic carbocycles. The van der Waals surface area contributed by atoms with Gasteiger partial charge in [-0.1, -0.05) is 0 Å². The first-order valence-electron chi connectivity index (χ1n) is 15.0. The molecule has 220 valence electrons. The number of rotatable bonds is 5. The molecular formula is C29H39FN2O8. The smallest absolute Gasteiger partial charge is 0.434 e. The van der Waals surface area contributed by atoms with Crippen LogP contribution in [-0.4, -0.2) is 59.2 Å². The lowest BCUT2D eigenvalue weighted by Crippen LogP contribution is -2.60. The molecule has 5 saturated carbocycles. The number of aromatic amines is 1. The topological polar surface area (TPSA) is 118 Å². The second kappa shape index (κ2) is 9.94. The standard InChI is InChI=1S/C29H39FN2O8/c1-16-12-32(26(34)31-25(16)33)24-10-22(30)23(39-24)14-37-27(35)36-13-17-3-2-4-28(11-17)38-15-29(40-28)20-6-18-5-19(8-20)9-21(29)7-18/h12,17-24H,2-11,13-15H2,1H3,(H,31,33,34)/t17?,18?,19?,20?,21?,22-,23+,24+,28-,29?/m0/s1. The number of hydrogen-bond donors (Lipinski definition) is 1. The Kier molecular flexibility index (Phi) is 6.62. The van der Waals surface area contributed by atoms with Crippen molar-refractivity contribution in [2.45, 2.75) is 101 Å². The predicted molar refractivity (Wildman–Crippen MR) is 138 cm³/mol. The first-order valence-corrected chi connectivity index (χ1v) is 15.0. The zero-order valence-electron chi connectivity index (χ0n) is 23.0. The molecule has 40 heavy (non-hydrogen) atoms. The quantitative estimate of drug-likeness (QED) is 0.539. The highest BCUT2D eigenvalue weighted by atomic mass is 19.1. The van der Waals surface area contributed by atoms with Crippen molar-refractivity contribution in [3.8, 4) is 0 Å². The van der Waals surface area contributed by atoms with E-state index in [0.29, 0.717) is 30.4 Å². The van der Waals surface area contributed by atoms with Crippen LogP contribution in [-0.2, 0) is 23.7 Å². The van der Waals surface area contributed by atoms with Gasteiger partial charge in [0.2, 0.25) is 0 Å². The monoisotopic (exact) mass is 562 g/mol. The van der Waals surface area contributed by atoms with E-state index in [2.05, 4.69) is 4.98 Å². The van der Waals surface area contributed by atoms with Crippen LogP contribution in [0.25, 0.3) is 0 Å². The highest BCUT2D eigenvalue weighted by Gasteiger charge is 2.64. The number of alkyl halides is 1. The number of ether oxygens (including phenoxy) is 5. The molecule has 2 spiro atoms. The van der Waals surface area contributed by atoms with Gasteiger partial charge in [0, 0.05) is 31.0 Å². The molecule has 10 nitrogen and oxygen atoms in total. The van der Waals surface area contributed by atoms with Crippen molar-refractivity contribution < 1.29 is 32.9 Å². The zero-order valence-corrected chi connectivity index (χ0v) is 23.0. The van der Waals surface area contributed by atoms with Crippen molar-refractivity contribution >= 4 is 6.16 Å². The third-order valence-corrected chi connectivity index (χ3v) is 10.6. The number of carbonyl (C=O) groups is 1. The number of aromatic nitrogens is 2. The molecule has 8 rings (SSSR count). The molecule has 3 heterocycles. The van der Waals surface area contributed by atoms with Crippen LogP contribution in [0.1, 0.15) is 76.0 Å². The average Bonchev–Trinajstić information content (AvgIpc) is 3.47. The van der Waals surface area contributed by atoms with E-state index in [-0.39, 0.29) is 31.2 Å². The molecule has 5 atom stereocenters. The Morgan fingerprint density at radius 2 is 1.82 bits per heavy atom. The summed E-state index contributed by atoms with van der Waals surface area (Å²) in [6.45, 7) is 2.10. The molecule has 2 aliphatic heterocycles. The first kappa shape index (κ1) is 26.6. The number of H-pyrrole nitrogens is 1. The lowest BCUT2D eigenvalue weighted by molar-refractivity contribution is -0.257. The molecule has 4 bridgehead atoms. The van der Waals surface area contributed by atoms with Gasteiger partial charge in [-0.15, -0.1) is 0 Å². The number of nitrogens with zero attached hydrogens (tertiary/aromatic N) is 1. The third kappa shape index (κ3) is 4.61. The van der Waals surface area contributed by atoms with Gasteiger partial charge >= 0.3 is 11.8 Å². The highest BCUT2D eigenvalue weighted by molar-refractivity contribution is 5.59. The van der Waals surface area contributed by atoms with Gasteiger partial charge < -0.3 is 23.7 Å². The second-order valence-electron chi connectivity index (χ2n) is 13.3. The molecule has 1 unspecified atom stereocenters. The van der Waals surface area contributed by atoms with E-state index in [1.54, 1.807) is 6.92 Å². The van der Waals surface area contributed by atoms with E-state index in [1.165, 1.54) is 38.3 Å². The van der Waals surface area contributed by atoms with Gasteiger partial charge in [-0.3, -0.25) is 14.3 Å². The Labute approximate surface area is 231 Å². The lowest BCUT2D eigenvalue weighted by Gasteiger charge is -2.59. The van der Waals surface area contributed by atoms with Gasteiger partial charge in [0.25, 0.3) is 5.56 Å². The molecular weight excluding hydrogens is 523 g/mol. The van der Waals surface area contributed by atoms with Crippen molar-refractivity contribution in [2.24, 2.45) is 29.6 Å². The Morgan fingerprint density at radius 1 is 1.10 bits per heavy atom. The van der Waals surface area contributed by atoms with E-state index in [4.69, 9.17) is 23.7 Å². The molecule has 7 fully saturated rings. The normalized spacial score (nSPS) is 43.5. The number of carbonyl (C=O) groups excluding carboxylic acids is 1. The van der Waals surface area contributed by atoms with Crippen LogP contribution in [0.5, 0.6) is 0 Å². The number of aryl methyl sites for hydroxylation is 1. The number of hydrogen-bond acceptors (Lipinski definition) is 8. The Hall–Kier alpha value is -2.24. The van der Waals surface area contributed by atoms with E-state index < -0.39 is 41.7 Å². The largest absolute Gasteiger partial charge is 0.508 e. The minimum atomic E-state index is -1.44. The fourth-order valence-electron chi connectivity index (χ4n) is 8.89. The SMILES string of the molecule is Cc1cn([C@H]2C[C@H](F)[C@@H](COC(=O)OCC3CCC[C@]4(C3)OCC3(O4)C4CC5CC(C4)CC3C5)O2)c(=O)[nH]c1=O. The van der Waals surface area contributed by atoms with Gasteiger partial charge in [-0.2, -0.15) is 0 Å². The molecule has 1 aromatic rings. The molecule has 1 aromatic heterocycles. The zero-order chi connectivity index (χ0) is 27.6. The summed E-state index contributed by atoms with van der Waals surface area (Å²) in [6, 6.07) is 0. The summed E-state index contributed by atoms with van der Waals surface area (Å²) in [6.07, 6.45) is 6.94. The summed E-state index contributed by atoms with van der Waals surface area (Å²) in [5.41, 5.74) is -0.992. The maximum Gasteiger partial charge on any atom is 0.508 e. The molecule has 7 aliphatic rings. The van der Waals surface area contributed by atoms with Crippen LogP contribution < -0.4 is 11.2 Å². The van der Waals surface area contributed by atoms with Crippen molar-refractivity contribution in [1.29, 1.82) is 0 Å². The predicted octanol–water partition coefficient (Wildman–Crippen LogP) is 3.75. The van der Waals surface area contributed by atoms with Crippen LogP contribution in [0.15, 0.2) is 15.8 Å². The molecule has 1 N–H and O–H groups in total. The van der Waals surface area contributed by atoms with E-state index in [9.17, 15) is 18.8 Å². The van der Waals surface area contributed by atoms with Gasteiger partial charge in [-0.25, -0.2) is 14.0 Å². The highest BCUT2D eigenvalue weighted by Crippen LogP contribution is 2.63. The summed E-state index contributed by atoms with van der Waals surface area (Å²) in [5.74, 6) is 2.48. The molecule has 0 radical (unpaired) electrons. The Morgan fingerprint density at radius 3 is 2.58 bits per heavy atom. The maximum absolute atomic E-state index is 14.6. The summed E-state index contributed by atoms with van der Waals surface area (Å²) >= 11 is 0. The maximum atomic E-state index is 14.6. The fourth-order valence-corrected chi connectivity index (χ4v) is 8.89. The van der Waals surface area contributed by atoms with Crippen LogP contribution in [0.3, 0.4) is 0 Å². The summed E-state index contributed by atoms with van der Waals surface area (Å²) < 4.78 is 45.5. The van der Waals surface area contributed by atoms with E-state index >= 15 is 0 Å². The van der Waals surface area contributed by atoms with Crippen LogP contribution in [0, 0.1) is 36.5 Å². The number of halogens is 1. The second-order valence-corrected chi connectivity index (χ2v) is 13.3. The number of nitrogens with one attached hydrogen (secondary N) is 1. The molecule has 2 saturated heterocycles. The molecule has 0 amide bonds. The minimum Gasteiger partial charge on any atom is -0.434 e. The lowest BCUT2D eigenvalue weighted by atomic mass is 9.50. The summed E-state index contributed by atoms with van der Waals surface area (Å²) in [4.78, 5) is 38.3. The first-order chi connectivity index (χ1) is 19.2. The Balaban J connectivity index is 0.897. The van der Waals surface area contributed by atoms with Crippen molar-refractivity contribution in [2.75, 3.05) is 19.8 Å². The van der Waals surface area contributed by atoms with E-state index in [1.807, 2.05) is 0 Å². The van der Waals surface area contributed by atoms with Gasteiger partial charge in [0.1, 0.15) is 30.7 Å². The van der Waals surface area contributed by atoms with Gasteiger partial charge in [0.05, 0.1) is 13.2 Å². The minimum absolute atomic E-state index is 0.0941.